The van der Waals surface area contributed by atoms with Crippen molar-refractivity contribution in [3.05, 3.63) is 17.0 Å². The molecule has 1 heterocycles. The van der Waals surface area contributed by atoms with E-state index < -0.39 is 5.97 Å². The molecule has 0 unspecified atom stereocenters. The van der Waals surface area contributed by atoms with Crippen molar-refractivity contribution in [3.63, 3.8) is 0 Å². The molecule has 6 heteroatoms. The van der Waals surface area contributed by atoms with Gasteiger partial charge in [0.25, 0.3) is 0 Å². The van der Waals surface area contributed by atoms with Gasteiger partial charge in [-0.1, -0.05) is 11.6 Å². The zero-order valence-corrected chi connectivity index (χ0v) is 9.50. The van der Waals surface area contributed by atoms with Gasteiger partial charge in [0.05, 0.1) is 13.3 Å². The lowest BCUT2D eigenvalue weighted by Crippen LogP contribution is -2.13. The molecule has 1 aromatic rings. The molecule has 0 saturated carbocycles. The summed E-state index contributed by atoms with van der Waals surface area (Å²) < 4.78 is 4.49. The predicted octanol–water partition coefficient (Wildman–Crippen LogP) is 1.74. The minimum Gasteiger partial charge on any atom is -0.464 e. The van der Waals surface area contributed by atoms with E-state index in [4.69, 9.17) is 11.6 Å². The molecule has 0 aliphatic rings. The molecule has 0 spiro atoms. The second kappa shape index (κ2) is 4.93. The van der Waals surface area contributed by atoms with Crippen LogP contribution in [-0.2, 0) is 4.74 Å². The van der Waals surface area contributed by atoms with E-state index in [0.29, 0.717) is 5.82 Å². The number of methoxy groups -OCH3 is 1. The van der Waals surface area contributed by atoms with Crippen molar-refractivity contribution in [3.8, 4) is 0 Å². The van der Waals surface area contributed by atoms with Crippen LogP contribution in [0.1, 0.15) is 24.3 Å². The Kier molecular flexibility index (Phi) is 3.85. The van der Waals surface area contributed by atoms with E-state index in [-0.39, 0.29) is 16.9 Å². The maximum atomic E-state index is 11.1. The fourth-order valence-electron chi connectivity index (χ4n) is 0.940. The molecule has 0 atom stereocenters. The van der Waals surface area contributed by atoms with Gasteiger partial charge in [0, 0.05) is 6.04 Å². The molecule has 0 bridgehead atoms. The molecule has 1 rings (SSSR count). The third kappa shape index (κ3) is 3.06. The fourth-order valence-corrected chi connectivity index (χ4v) is 1.13. The van der Waals surface area contributed by atoms with Crippen LogP contribution in [0.25, 0.3) is 0 Å². The van der Waals surface area contributed by atoms with Crippen molar-refractivity contribution in [1.82, 2.24) is 9.97 Å². The number of aromatic nitrogens is 2. The monoisotopic (exact) mass is 229 g/mol. The number of halogens is 1. The maximum absolute atomic E-state index is 11.1. The van der Waals surface area contributed by atoms with E-state index in [1.165, 1.54) is 13.3 Å². The van der Waals surface area contributed by atoms with Crippen molar-refractivity contribution < 1.29 is 9.53 Å². The van der Waals surface area contributed by atoms with Crippen LogP contribution in [0.5, 0.6) is 0 Å². The van der Waals surface area contributed by atoms with E-state index in [1.807, 2.05) is 13.8 Å². The summed E-state index contributed by atoms with van der Waals surface area (Å²) in [5, 5.41) is 3.16. The molecule has 1 N–H and O–H groups in total. The summed E-state index contributed by atoms with van der Waals surface area (Å²) in [4.78, 5) is 18.9. The van der Waals surface area contributed by atoms with Gasteiger partial charge in [-0.3, -0.25) is 0 Å². The quantitative estimate of drug-likeness (QED) is 0.800. The average Bonchev–Trinajstić information content (AvgIpc) is 2.19. The second-order valence-electron chi connectivity index (χ2n) is 3.19. The topological polar surface area (TPSA) is 64.1 Å². The summed E-state index contributed by atoms with van der Waals surface area (Å²) in [6.45, 7) is 3.90. The number of nitrogens with zero attached hydrogens (tertiary/aromatic N) is 2. The molecule has 0 fully saturated rings. The first-order valence-electron chi connectivity index (χ1n) is 4.42. The smallest absolute Gasteiger partial charge is 0.358 e. The first kappa shape index (κ1) is 11.7. The normalized spacial score (nSPS) is 10.2. The third-order valence-electron chi connectivity index (χ3n) is 1.55. The van der Waals surface area contributed by atoms with Crippen molar-refractivity contribution in [2.45, 2.75) is 19.9 Å². The predicted molar refractivity (Wildman–Crippen MR) is 57.1 cm³/mol. The van der Waals surface area contributed by atoms with Gasteiger partial charge in [-0.2, -0.15) is 0 Å². The van der Waals surface area contributed by atoms with Crippen LogP contribution in [0.3, 0.4) is 0 Å². The molecule has 0 saturated heterocycles. The van der Waals surface area contributed by atoms with Crippen molar-refractivity contribution in [2.75, 3.05) is 12.4 Å². The van der Waals surface area contributed by atoms with Crippen LogP contribution in [0.4, 0.5) is 5.82 Å². The van der Waals surface area contributed by atoms with Gasteiger partial charge in [0.1, 0.15) is 0 Å². The molecule has 0 aromatic carbocycles. The Morgan fingerprint density at radius 3 is 2.73 bits per heavy atom. The summed E-state index contributed by atoms with van der Waals surface area (Å²) in [6, 6.07) is 0.195. The van der Waals surface area contributed by atoms with Crippen LogP contribution >= 0.6 is 11.6 Å². The summed E-state index contributed by atoms with van der Waals surface area (Å²) in [6.07, 6.45) is 1.32. The molecular weight excluding hydrogens is 218 g/mol. The lowest BCUT2D eigenvalue weighted by molar-refractivity contribution is 0.0593. The second-order valence-corrected chi connectivity index (χ2v) is 3.54. The lowest BCUT2D eigenvalue weighted by Gasteiger charge is -2.09. The Hall–Kier alpha value is -1.36. The number of anilines is 1. The zero-order valence-electron chi connectivity index (χ0n) is 8.74. The van der Waals surface area contributed by atoms with E-state index in [2.05, 4.69) is 20.0 Å². The molecule has 0 radical (unpaired) electrons. The largest absolute Gasteiger partial charge is 0.464 e. The van der Waals surface area contributed by atoms with Crippen molar-refractivity contribution >= 4 is 23.4 Å². The number of esters is 1. The van der Waals surface area contributed by atoms with E-state index in [1.54, 1.807) is 0 Å². The number of carbonyl (C=O) groups excluding carboxylic acids is 1. The number of ether oxygens (including phenoxy) is 1. The Balaban J connectivity index is 2.93. The average molecular weight is 230 g/mol. The number of hydrogen-bond donors (Lipinski definition) is 1. The highest BCUT2D eigenvalue weighted by atomic mass is 35.5. The summed E-state index contributed by atoms with van der Waals surface area (Å²) in [7, 11) is 1.28. The van der Waals surface area contributed by atoms with Gasteiger partial charge in [-0.15, -0.1) is 0 Å². The standard InChI is InChI=1S/C9H12ClN3O2/c1-5(2)12-8-7(10)13-6(4-11-8)9(14)15-3/h4-5H,1-3H3,(H,11,12). The van der Waals surface area contributed by atoms with Gasteiger partial charge in [0.2, 0.25) is 0 Å². The summed E-state index contributed by atoms with van der Waals surface area (Å²) in [5.74, 6) is -0.0974. The van der Waals surface area contributed by atoms with Crippen LogP contribution in [0.15, 0.2) is 6.20 Å². The van der Waals surface area contributed by atoms with Crippen LogP contribution in [0, 0.1) is 0 Å². The van der Waals surface area contributed by atoms with E-state index in [9.17, 15) is 4.79 Å². The van der Waals surface area contributed by atoms with Gasteiger partial charge in [-0.05, 0) is 13.8 Å². The van der Waals surface area contributed by atoms with Crippen LogP contribution in [-0.4, -0.2) is 29.1 Å². The summed E-state index contributed by atoms with van der Waals surface area (Å²) >= 11 is 5.83. The van der Waals surface area contributed by atoms with Crippen LogP contribution < -0.4 is 5.32 Å². The first-order valence-corrected chi connectivity index (χ1v) is 4.79. The van der Waals surface area contributed by atoms with Gasteiger partial charge >= 0.3 is 5.97 Å². The van der Waals surface area contributed by atoms with Gasteiger partial charge in [-0.25, -0.2) is 14.8 Å². The highest BCUT2D eigenvalue weighted by Gasteiger charge is 2.11. The highest BCUT2D eigenvalue weighted by molar-refractivity contribution is 6.31. The minimum absolute atomic E-state index is 0.0943. The van der Waals surface area contributed by atoms with Gasteiger partial charge < -0.3 is 10.1 Å². The summed E-state index contributed by atoms with van der Waals surface area (Å²) in [5.41, 5.74) is 0.0943. The molecule has 82 valence electrons. The third-order valence-corrected chi connectivity index (χ3v) is 1.81. The van der Waals surface area contributed by atoms with Gasteiger partial charge in [0.15, 0.2) is 16.7 Å². The molecule has 5 nitrogen and oxygen atoms in total. The maximum Gasteiger partial charge on any atom is 0.358 e. The molecule has 0 aliphatic carbocycles. The number of carbonyl (C=O) groups is 1. The van der Waals surface area contributed by atoms with Crippen molar-refractivity contribution in [2.24, 2.45) is 0 Å². The Morgan fingerprint density at radius 1 is 1.60 bits per heavy atom. The first-order chi connectivity index (χ1) is 7.04. The highest BCUT2D eigenvalue weighted by Crippen LogP contribution is 2.17. The Bertz CT molecular complexity index is 368. The number of hydrogen-bond acceptors (Lipinski definition) is 5. The molecule has 0 aliphatic heterocycles. The zero-order chi connectivity index (χ0) is 11.4. The van der Waals surface area contributed by atoms with E-state index in [0.717, 1.165) is 0 Å². The molecule has 0 amide bonds. The number of rotatable bonds is 3. The van der Waals surface area contributed by atoms with Crippen LogP contribution in [0.2, 0.25) is 5.15 Å². The molecule has 1 aromatic heterocycles. The SMILES string of the molecule is COC(=O)c1cnc(NC(C)C)c(Cl)n1. The lowest BCUT2D eigenvalue weighted by atomic mass is 10.4. The Labute approximate surface area is 92.8 Å². The minimum atomic E-state index is -0.555. The Morgan fingerprint density at radius 2 is 2.27 bits per heavy atom. The molecule has 15 heavy (non-hydrogen) atoms. The molecular formula is C9H12ClN3O2. The number of nitrogens with one attached hydrogen (secondary N) is 1. The fraction of sp³-hybridized carbons (Fsp3) is 0.444. The van der Waals surface area contributed by atoms with Crippen molar-refractivity contribution in [1.29, 1.82) is 0 Å². The van der Waals surface area contributed by atoms with E-state index >= 15 is 0 Å².